The van der Waals surface area contributed by atoms with E-state index in [-0.39, 0.29) is 21.7 Å². The molecule has 15 aromatic carbocycles. The Morgan fingerprint density at radius 2 is 0.439 bits per heavy atom. The zero-order valence-electron chi connectivity index (χ0n) is 62.6. The summed E-state index contributed by atoms with van der Waals surface area (Å²) in [5.74, 6) is 0. The van der Waals surface area contributed by atoms with Crippen LogP contribution in [0.5, 0.6) is 0 Å². The lowest BCUT2D eigenvalue weighted by molar-refractivity contribution is 0.660. The lowest BCUT2D eigenvalue weighted by Gasteiger charge is -2.22. The van der Waals surface area contributed by atoms with Gasteiger partial charge in [-0.15, -0.1) is 0 Å². The summed E-state index contributed by atoms with van der Waals surface area (Å²) in [4.78, 5) is 0. The SMILES string of the molecule is CC1(C)c2ccc(-c3ccccc3)cc2-c2ccc(Nc3ccc(-c4ccccc4)c(-c4ccccc4)c3)cc21.CC1(C)c2ccccc2-c2cc(Nc3ccccc3)ccc21.CC1(C)c2ccccc2-c2ccc(Nc3ccccc3)cc21.Cc1cccc(Nc2ccc3c(c2)C(C)(C)c2ccccc2-3)c1. The molecule has 4 aliphatic rings. The Bertz CT molecular complexity index is 5750. The van der Waals surface area contributed by atoms with Crippen LogP contribution in [0.25, 0.3) is 77.9 Å². The first-order valence-corrected chi connectivity index (χ1v) is 37.5. The third kappa shape index (κ3) is 13.5. The van der Waals surface area contributed by atoms with Crippen molar-refractivity contribution < 1.29 is 0 Å². The summed E-state index contributed by atoms with van der Waals surface area (Å²) in [6.45, 7) is 20.7. The predicted octanol–water partition coefficient (Wildman–Crippen LogP) is 28.3. The van der Waals surface area contributed by atoms with Crippen molar-refractivity contribution in [2.75, 3.05) is 21.3 Å². The zero-order chi connectivity index (χ0) is 73.4. The highest BCUT2D eigenvalue weighted by molar-refractivity contribution is 5.91. The van der Waals surface area contributed by atoms with Gasteiger partial charge in [0.2, 0.25) is 0 Å². The highest BCUT2D eigenvalue weighted by Crippen LogP contribution is 2.54. The molecular formula is C103H90N4. The molecule has 0 fully saturated rings. The summed E-state index contributed by atoms with van der Waals surface area (Å²) < 4.78 is 0. The van der Waals surface area contributed by atoms with Crippen molar-refractivity contribution in [2.24, 2.45) is 0 Å². The number of anilines is 8. The molecule has 4 N–H and O–H groups in total. The maximum Gasteiger partial charge on any atom is 0.0390 e. The second-order valence-electron chi connectivity index (χ2n) is 30.9. The van der Waals surface area contributed by atoms with Crippen LogP contribution in [0.3, 0.4) is 0 Å². The molecule has 522 valence electrons. The number of aryl methyl sites for hydroxylation is 1. The molecule has 4 nitrogen and oxygen atoms in total. The largest absolute Gasteiger partial charge is 0.356 e. The topological polar surface area (TPSA) is 48.1 Å². The van der Waals surface area contributed by atoms with E-state index in [1.54, 1.807) is 0 Å². The summed E-state index contributed by atoms with van der Waals surface area (Å²) in [5, 5.41) is 14.3. The van der Waals surface area contributed by atoms with Crippen molar-refractivity contribution in [2.45, 2.75) is 84.0 Å². The Kier molecular flexibility index (Phi) is 18.4. The number of hydrogen-bond donors (Lipinski definition) is 4. The zero-order valence-corrected chi connectivity index (χ0v) is 62.6. The van der Waals surface area contributed by atoms with Crippen molar-refractivity contribution in [3.8, 4) is 77.9 Å². The van der Waals surface area contributed by atoms with Crippen molar-refractivity contribution in [3.63, 3.8) is 0 Å². The third-order valence-electron chi connectivity index (χ3n) is 22.4. The first-order chi connectivity index (χ1) is 51.9. The fourth-order valence-corrected chi connectivity index (χ4v) is 16.8. The molecule has 15 aromatic rings. The summed E-state index contributed by atoms with van der Waals surface area (Å²) in [7, 11) is 0. The monoisotopic (exact) mass is 1380 g/mol. The third-order valence-corrected chi connectivity index (χ3v) is 22.4. The van der Waals surface area contributed by atoms with E-state index < -0.39 is 0 Å². The molecule has 4 aliphatic carbocycles. The Hall–Kier alpha value is -12.5. The molecule has 0 bridgehead atoms. The standard InChI is InChI=1S/C39H31N.C22H21N.2C21H19N/c1-39(2)37-23-18-30(27-12-6-3-7-13-27)24-36(37)34-22-20-32(26-38(34)39)40-31-19-21-33(28-14-8-4-9-15-28)35(25-31)29-16-10-5-11-17-29;1-15-7-6-8-16(13-15)23-17-11-12-19-18-9-4-5-10-20(18)22(2,3)21(19)14-17;1-21(2)19-11-7-6-10-17(19)18-14-16(12-13-20(18)21)22-15-8-4-3-5-9-15;1-21(2)19-11-7-6-10-17(19)18-13-12-16(14-20(18)21)22-15-8-4-3-5-9-15/h3-26,40H,1-2H3;4-14,23H,1-3H3;2*3-14,22H,1-2H3. The number of para-hydroxylation sites is 2. The van der Waals surface area contributed by atoms with Gasteiger partial charge in [-0.1, -0.05) is 310 Å². The lowest BCUT2D eigenvalue weighted by Crippen LogP contribution is -2.15. The Balaban J connectivity index is 0.000000114. The normalized spacial score (nSPS) is 13.8. The average Bonchev–Trinajstić information content (AvgIpc) is 1.52. The minimum atomic E-state index is -0.0655. The van der Waals surface area contributed by atoms with Gasteiger partial charge in [-0.05, 0) is 238 Å². The number of benzene rings is 15. The Morgan fingerprint density at radius 3 is 0.888 bits per heavy atom. The highest BCUT2D eigenvalue weighted by atomic mass is 14.9. The van der Waals surface area contributed by atoms with Crippen molar-refractivity contribution in [1.29, 1.82) is 0 Å². The smallest absolute Gasteiger partial charge is 0.0390 e. The summed E-state index contributed by atoms with van der Waals surface area (Å²) >= 11 is 0. The van der Waals surface area contributed by atoms with E-state index in [4.69, 9.17) is 0 Å². The second-order valence-corrected chi connectivity index (χ2v) is 30.9. The van der Waals surface area contributed by atoms with Crippen LogP contribution in [-0.4, -0.2) is 0 Å². The molecule has 107 heavy (non-hydrogen) atoms. The average molecular weight is 1380 g/mol. The number of nitrogens with one attached hydrogen (secondary N) is 4. The van der Waals surface area contributed by atoms with Crippen molar-refractivity contribution >= 4 is 45.5 Å². The molecular weight excluding hydrogens is 1290 g/mol. The van der Waals surface area contributed by atoms with Gasteiger partial charge in [0.15, 0.2) is 0 Å². The molecule has 0 unspecified atom stereocenters. The minimum absolute atomic E-state index is 0.0518. The highest BCUT2D eigenvalue weighted by Gasteiger charge is 2.39. The minimum Gasteiger partial charge on any atom is -0.356 e. The molecule has 0 radical (unpaired) electrons. The molecule has 0 heterocycles. The maximum atomic E-state index is 3.72. The number of hydrogen-bond acceptors (Lipinski definition) is 4. The second kappa shape index (κ2) is 28.5. The molecule has 0 aromatic heterocycles. The number of rotatable bonds is 11. The quantitative estimate of drug-likeness (QED) is 0.104. The fraction of sp³-hybridized carbons (Fsp3) is 0.126. The van der Waals surface area contributed by atoms with Gasteiger partial charge in [0.25, 0.3) is 0 Å². The molecule has 0 saturated carbocycles. The summed E-state index contributed by atoms with van der Waals surface area (Å²) in [5.41, 5.74) is 39.8. The van der Waals surface area contributed by atoms with E-state index in [1.807, 2.05) is 24.3 Å². The van der Waals surface area contributed by atoms with Crippen LogP contribution in [0, 0.1) is 6.92 Å². The molecule has 0 spiro atoms. The van der Waals surface area contributed by atoms with Gasteiger partial charge in [0.05, 0.1) is 0 Å². The van der Waals surface area contributed by atoms with Gasteiger partial charge in [-0.3, -0.25) is 0 Å². The van der Waals surface area contributed by atoms with Crippen LogP contribution in [0.2, 0.25) is 0 Å². The molecule has 0 aliphatic heterocycles. The molecule has 0 amide bonds. The van der Waals surface area contributed by atoms with Crippen molar-refractivity contribution in [3.05, 3.63) is 408 Å². The van der Waals surface area contributed by atoms with Crippen LogP contribution < -0.4 is 21.3 Å². The Morgan fingerprint density at radius 1 is 0.159 bits per heavy atom. The van der Waals surface area contributed by atoms with E-state index in [1.165, 1.54) is 128 Å². The first-order valence-electron chi connectivity index (χ1n) is 37.5. The van der Waals surface area contributed by atoms with Gasteiger partial charge in [0.1, 0.15) is 0 Å². The summed E-state index contributed by atoms with van der Waals surface area (Å²) in [6.07, 6.45) is 0. The van der Waals surface area contributed by atoms with Crippen LogP contribution >= 0.6 is 0 Å². The van der Waals surface area contributed by atoms with E-state index >= 15 is 0 Å². The predicted molar refractivity (Wildman–Crippen MR) is 456 cm³/mol. The van der Waals surface area contributed by atoms with Crippen LogP contribution in [0.1, 0.15) is 105 Å². The van der Waals surface area contributed by atoms with Gasteiger partial charge in [-0.2, -0.15) is 0 Å². The van der Waals surface area contributed by atoms with Gasteiger partial charge in [-0.25, -0.2) is 0 Å². The van der Waals surface area contributed by atoms with Crippen molar-refractivity contribution in [1.82, 2.24) is 0 Å². The molecule has 4 heteroatoms. The summed E-state index contributed by atoms with van der Waals surface area (Å²) in [6, 6.07) is 128. The maximum absolute atomic E-state index is 3.72. The van der Waals surface area contributed by atoms with E-state index in [0.717, 1.165) is 45.5 Å². The first kappa shape index (κ1) is 68.9. The van der Waals surface area contributed by atoms with E-state index in [9.17, 15) is 0 Å². The van der Waals surface area contributed by atoms with Crippen LogP contribution in [0.15, 0.2) is 358 Å². The van der Waals surface area contributed by atoms with Gasteiger partial charge < -0.3 is 21.3 Å². The lowest BCUT2D eigenvalue weighted by atomic mass is 9.82. The van der Waals surface area contributed by atoms with E-state index in [0.29, 0.717) is 0 Å². The van der Waals surface area contributed by atoms with Gasteiger partial charge >= 0.3 is 0 Å². The van der Waals surface area contributed by atoms with Crippen LogP contribution in [0.4, 0.5) is 45.5 Å². The Labute approximate surface area is 632 Å². The van der Waals surface area contributed by atoms with Crippen LogP contribution in [-0.2, 0) is 21.7 Å². The molecule has 19 rings (SSSR count). The molecule has 0 atom stereocenters. The number of fused-ring (bicyclic) bond motifs is 12. The molecule has 0 saturated heterocycles. The fourth-order valence-electron chi connectivity index (χ4n) is 16.8. The van der Waals surface area contributed by atoms with E-state index in [2.05, 4.69) is 417 Å². The van der Waals surface area contributed by atoms with Gasteiger partial charge in [0, 0.05) is 67.2 Å².